The molecule has 2 rings (SSSR count). The Labute approximate surface area is 166 Å². The lowest BCUT2D eigenvalue weighted by molar-refractivity contribution is -0.120. The van der Waals surface area contributed by atoms with Crippen LogP contribution in [0.2, 0.25) is 0 Å². The van der Waals surface area contributed by atoms with Gasteiger partial charge in [0.25, 0.3) is 0 Å². The van der Waals surface area contributed by atoms with Crippen LogP contribution in [0.4, 0.5) is 0 Å². The summed E-state index contributed by atoms with van der Waals surface area (Å²) in [6.45, 7) is 10.2. The van der Waals surface area contributed by atoms with Gasteiger partial charge in [0.15, 0.2) is 0 Å². The molecule has 1 aromatic carbocycles. The maximum atomic E-state index is 12.8. The standard InChI is InChI=1S/C20H28N2O3S2/c1-13-14(2)16(4)20(17(5)15(13)3)27(24,25)22-11-9-19(23)21-10-8-18-7-6-12-26-18/h6-7,12,22H,8-11H2,1-5H3,(H,21,23). The van der Waals surface area contributed by atoms with Crippen molar-refractivity contribution in [3.8, 4) is 0 Å². The highest BCUT2D eigenvalue weighted by Crippen LogP contribution is 2.29. The Hall–Kier alpha value is -1.70. The summed E-state index contributed by atoms with van der Waals surface area (Å²) in [5, 5.41) is 4.83. The summed E-state index contributed by atoms with van der Waals surface area (Å²) in [6.07, 6.45) is 0.904. The molecule has 0 unspecified atom stereocenters. The summed E-state index contributed by atoms with van der Waals surface area (Å²) in [4.78, 5) is 13.5. The topological polar surface area (TPSA) is 75.3 Å². The molecule has 1 amide bonds. The van der Waals surface area contributed by atoms with E-state index < -0.39 is 10.0 Å². The van der Waals surface area contributed by atoms with Gasteiger partial charge in [-0.2, -0.15) is 0 Å². The van der Waals surface area contributed by atoms with Crippen LogP contribution in [0.3, 0.4) is 0 Å². The number of carbonyl (C=O) groups is 1. The van der Waals surface area contributed by atoms with Gasteiger partial charge in [0.1, 0.15) is 0 Å². The van der Waals surface area contributed by atoms with Crippen LogP contribution in [0, 0.1) is 34.6 Å². The molecule has 5 nitrogen and oxygen atoms in total. The van der Waals surface area contributed by atoms with E-state index in [1.165, 1.54) is 4.88 Å². The third kappa shape index (κ3) is 5.18. The number of rotatable bonds is 8. The van der Waals surface area contributed by atoms with Crippen LogP contribution in [0.25, 0.3) is 0 Å². The second-order valence-electron chi connectivity index (χ2n) is 6.78. The molecule has 148 valence electrons. The summed E-state index contributed by atoms with van der Waals surface area (Å²) in [6, 6.07) is 4.01. The van der Waals surface area contributed by atoms with Crippen LogP contribution in [0.15, 0.2) is 22.4 Å². The van der Waals surface area contributed by atoms with Gasteiger partial charge in [0.2, 0.25) is 15.9 Å². The Morgan fingerprint density at radius 1 is 0.963 bits per heavy atom. The molecule has 0 aliphatic carbocycles. The van der Waals surface area contributed by atoms with Gasteiger partial charge >= 0.3 is 0 Å². The van der Waals surface area contributed by atoms with E-state index >= 15 is 0 Å². The third-order valence-corrected chi connectivity index (χ3v) is 7.79. The zero-order valence-electron chi connectivity index (χ0n) is 16.6. The van der Waals surface area contributed by atoms with Crippen molar-refractivity contribution >= 4 is 27.3 Å². The highest BCUT2D eigenvalue weighted by molar-refractivity contribution is 7.89. The number of hydrogen-bond donors (Lipinski definition) is 2. The van der Waals surface area contributed by atoms with Crippen molar-refractivity contribution < 1.29 is 13.2 Å². The minimum atomic E-state index is -3.66. The highest BCUT2D eigenvalue weighted by atomic mass is 32.2. The second-order valence-corrected chi connectivity index (χ2v) is 9.52. The van der Waals surface area contributed by atoms with E-state index in [-0.39, 0.29) is 18.9 Å². The number of thiophene rings is 1. The van der Waals surface area contributed by atoms with E-state index in [1.807, 2.05) is 52.1 Å². The molecular weight excluding hydrogens is 380 g/mol. The third-order valence-electron chi connectivity index (χ3n) is 5.12. The van der Waals surface area contributed by atoms with Crippen molar-refractivity contribution in [3.63, 3.8) is 0 Å². The SMILES string of the molecule is Cc1c(C)c(C)c(S(=O)(=O)NCCC(=O)NCCc2cccs2)c(C)c1C. The van der Waals surface area contributed by atoms with E-state index in [9.17, 15) is 13.2 Å². The monoisotopic (exact) mass is 408 g/mol. The van der Waals surface area contributed by atoms with Crippen molar-refractivity contribution in [3.05, 3.63) is 50.2 Å². The Balaban J connectivity index is 1.94. The highest BCUT2D eigenvalue weighted by Gasteiger charge is 2.23. The summed E-state index contributed by atoms with van der Waals surface area (Å²) in [5.74, 6) is -0.154. The van der Waals surface area contributed by atoms with Gasteiger partial charge in [0, 0.05) is 24.4 Å². The number of benzene rings is 1. The van der Waals surface area contributed by atoms with Crippen LogP contribution in [0.5, 0.6) is 0 Å². The molecule has 7 heteroatoms. The average molecular weight is 409 g/mol. The van der Waals surface area contributed by atoms with Crippen LogP contribution >= 0.6 is 11.3 Å². The summed E-state index contributed by atoms with van der Waals surface area (Å²) in [7, 11) is -3.66. The molecule has 0 fully saturated rings. The van der Waals surface area contributed by atoms with Crippen molar-refractivity contribution in [2.75, 3.05) is 13.1 Å². The zero-order chi connectivity index (χ0) is 20.2. The quantitative estimate of drug-likeness (QED) is 0.704. The predicted octanol–water partition coefficient (Wildman–Crippen LogP) is 3.32. The molecule has 0 saturated carbocycles. The Morgan fingerprint density at radius 2 is 1.56 bits per heavy atom. The first kappa shape index (κ1) is 21.6. The fourth-order valence-electron chi connectivity index (χ4n) is 3.11. The van der Waals surface area contributed by atoms with Gasteiger partial charge in [-0.15, -0.1) is 11.3 Å². The molecule has 27 heavy (non-hydrogen) atoms. The minimum Gasteiger partial charge on any atom is -0.356 e. The molecule has 0 spiro atoms. The fourth-order valence-corrected chi connectivity index (χ4v) is 5.44. The molecule has 1 aromatic heterocycles. The normalized spacial score (nSPS) is 11.6. The minimum absolute atomic E-state index is 0.0814. The van der Waals surface area contributed by atoms with Gasteiger partial charge in [0.05, 0.1) is 4.90 Å². The number of hydrogen-bond acceptors (Lipinski definition) is 4. The first-order valence-corrected chi connectivity index (χ1v) is 11.4. The molecule has 0 aliphatic heterocycles. The largest absolute Gasteiger partial charge is 0.356 e. The lowest BCUT2D eigenvalue weighted by Gasteiger charge is -2.19. The molecule has 0 bridgehead atoms. The fraction of sp³-hybridized carbons (Fsp3) is 0.450. The lowest BCUT2D eigenvalue weighted by atomic mass is 9.95. The van der Waals surface area contributed by atoms with Crippen molar-refractivity contribution in [1.82, 2.24) is 10.0 Å². The van der Waals surface area contributed by atoms with Crippen molar-refractivity contribution in [1.29, 1.82) is 0 Å². The van der Waals surface area contributed by atoms with Crippen LogP contribution in [-0.4, -0.2) is 27.4 Å². The van der Waals surface area contributed by atoms with Gasteiger partial charge < -0.3 is 5.32 Å². The van der Waals surface area contributed by atoms with E-state index in [2.05, 4.69) is 10.0 Å². The molecule has 0 atom stereocenters. The molecule has 1 heterocycles. The Kier molecular flexibility index (Phi) is 7.19. The molecule has 2 N–H and O–H groups in total. The number of carbonyl (C=O) groups excluding carboxylic acids is 1. The maximum absolute atomic E-state index is 12.8. The van der Waals surface area contributed by atoms with Crippen molar-refractivity contribution in [2.24, 2.45) is 0 Å². The number of nitrogens with one attached hydrogen (secondary N) is 2. The van der Waals surface area contributed by atoms with Gasteiger partial charge in [-0.05, 0) is 80.3 Å². The molecule has 0 radical (unpaired) electrons. The molecule has 0 aliphatic rings. The van der Waals surface area contributed by atoms with Crippen LogP contribution < -0.4 is 10.0 Å². The van der Waals surface area contributed by atoms with Crippen LogP contribution in [-0.2, 0) is 21.2 Å². The Morgan fingerprint density at radius 3 is 2.11 bits per heavy atom. The first-order valence-electron chi connectivity index (χ1n) is 9.01. The number of sulfonamides is 1. The summed E-state index contributed by atoms with van der Waals surface area (Å²) in [5.41, 5.74) is 4.63. The second kappa shape index (κ2) is 8.99. The lowest BCUT2D eigenvalue weighted by Crippen LogP contribution is -2.32. The number of amides is 1. The Bertz CT molecular complexity index is 888. The zero-order valence-corrected chi connectivity index (χ0v) is 18.2. The van der Waals surface area contributed by atoms with E-state index in [0.29, 0.717) is 11.4 Å². The van der Waals surface area contributed by atoms with Gasteiger partial charge in [-0.1, -0.05) is 6.07 Å². The van der Waals surface area contributed by atoms with E-state index in [0.717, 1.165) is 34.2 Å². The summed E-state index contributed by atoms with van der Waals surface area (Å²) >= 11 is 1.66. The predicted molar refractivity (Wildman–Crippen MR) is 111 cm³/mol. The van der Waals surface area contributed by atoms with Gasteiger partial charge in [-0.3, -0.25) is 4.79 Å². The van der Waals surface area contributed by atoms with E-state index in [1.54, 1.807) is 11.3 Å². The molecular formula is C20H28N2O3S2. The van der Waals surface area contributed by atoms with Crippen molar-refractivity contribution in [2.45, 2.75) is 52.4 Å². The average Bonchev–Trinajstić information content (AvgIpc) is 3.11. The summed E-state index contributed by atoms with van der Waals surface area (Å²) < 4.78 is 28.2. The van der Waals surface area contributed by atoms with Crippen LogP contribution in [0.1, 0.15) is 39.1 Å². The maximum Gasteiger partial charge on any atom is 0.241 e. The first-order chi connectivity index (χ1) is 12.6. The molecule has 2 aromatic rings. The molecule has 0 saturated heterocycles. The van der Waals surface area contributed by atoms with Gasteiger partial charge in [-0.25, -0.2) is 13.1 Å². The smallest absolute Gasteiger partial charge is 0.241 e. The van der Waals surface area contributed by atoms with E-state index in [4.69, 9.17) is 0 Å².